The molecule has 3 nitrogen and oxygen atoms in total. The molecule has 2 aliphatic rings. The van der Waals surface area contributed by atoms with Crippen LogP contribution in [0.2, 0.25) is 0 Å². The Morgan fingerprint density at radius 1 is 1.38 bits per heavy atom. The van der Waals surface area contributed by atoms with E-state index >= 15 is 0 Å². The number of carbonyl (C=O) groups is 1. The molecule has 0 radical (unpaired) electrons. The maximum Gasteiger partial charge on any atom is 0.226 e. The van der Waals surface area contributed by atoms with Crippen molar-refractivity contribution in [3.63, 3.8) is 0 Å². The number of amides is 1. The van der Waals surface area contributed by atoms with Gasteiger partial charge in [-0.1, -0.05) is 6.07 Å². The Kier molecular flexibility index (Phi) is 5.22. The molecule has 2 aliphatic heterocycles. The molecule has 2 heterocycles. The van der Waals surface area contributed by atoms with Crippen LogP contribution in [-0.2, 0) is 17.8 Å². The number of rotatable bonds is 1. The second-order valence-electron chi connectivity index (χ2n) is 6.00. The SMILES string of the molecule is C[C@H]1C[C@@H](C(=O)N2CCc3ccc(F)cc3C2)CCN1.Cl. The quantitative estimate of drug-likeness (QED) is 0.864. The topological polar surface area (TPSA) is 32.3 Å². The number of benzene rings is 1. The Labute approximate surface area is 131 Å². The van der Waals surface area contributed by atoms with Crippen LogP contribution in [0, 0.1) is 11.7 Å². The number of hydrogen-bond donors (Lipinski definition) is 1. The highest BCUT2D eigenvalue weighted by Crippen LogP contribution is 2.24. The van der Waals surface area contributed by atoms with Gasteiger partial charge in [-0.15, -0.1) is 12.4 Å². The van der Waals surface area contributed by atoms with Gasteiger partial charge in [-0.3, -0.25) is 4.79 Å². The van der Waals surface area contributed by atoms with Gasteiger partial charge in [-0.2, -0.15) is 0 Å². The van der Waals surface area contributed by atoms with Gasteiger partial charge in [0, 0.05) is 25.0 Å². The molecule has 1 fully saturated rings. The first-order chi connectivity index (χ1) is 9.63. The van der Waals surface area contributed by atoms with Gasteiger partial charge in [-0.05, 0) is 56.0 Å². The molecule has 21 heavy (non-hydrogen) atoms. The van der Waals surface area contributed by atoms with E-state index in [0.29, 0.717) is 12.6 Å². The van der Waals surface area contributed by atoms with Crippen molar-refractivity contribution >= 4 is 18.3 Å². The normalized spacial score (nSPS) is 25.0. The summed E-state index contributed by atoms with van der Waals surface area (Å²) < 4.78 is 13.3. The van der Waals surface area contributed by atoms with E-state index in [1.807, 2.05) is 11.0 Å². The number of nitrogens with one attached hydrogen (secondary N) is 1. The highest BCUT2D eigenvalue weighted by atomic mass is 35.5. The zero-order valence-electron chi connectivity index (χ0n) is 12.3. The molecule has 3 rings (SSSR count). The third-order valence-corrected chi connectivity index (χ3v) is 4.47. The van der Waals surface area contributed by atoms with E-state index in [2.05, 4.69) is 12.2 Å². The molecule has 0 saturated carbocycles. The van der Waals surface area contributed by atoms with E-state index in [0.717, 1.165) is 37.9 Å². The molecular formula is C16H22ClFN2O. The summed E-state index contributed by atoms with van der Waals surface area (Å²) in [5.74, 6) is 0.156. The minimum atomic E-state index is -0.214. The summed E-state index contributed by atoms with van der Waals surface area (Å²) in [5.41, 5.74) is 2.14. The summed E-state index contributed by atoms with van der Waals surface area (Å²) in [4.78, 5) is 14.5. The first-order valence-electron chi connectivity index (χ1n) is 7.43. The Balaban J connectivity index is 0.00000161. The maximum absolute atomic E-state index is 13.3. The van der Waals surface area contributed by atoms with Crippen molar-refractivity contribution in [2.45, 2.75) is 38.8 Å². The molecule has 0 aliphatic carbocycles. The molecule has 1 aromatic rings. The third kappa shape index (κ3) is 3.55. The van der Waals surface area contributed by atoms with Crippen LogP contribution in [0.4, 0.5) is 4.39 Å². The summed E-state index contributed by atoms with van der Waals surface area (Å²) in [5, 5.41) is 3.37. The van der Waals surface area contributed by atoms with Gasteiger partial charge in [0.25, 0.3) is 0 Å². The molecule has 0 spiro atoms. The smallest absolute Gasteiger partial charge is 0.226 e. The molecule has 1 N–H and O–H groups in total. The molecule has 0 aromatic heterocycles. The van der Waals surface area contributed by atoms with Crippen LogP contribution in [0.15, 0.2) is 18.2 Å². The molecule has 116 valence electrons. The average Bonchev–Trinajstić information content (AvgIpc) is 2.45. The first-order valence-corrected chi connectivity index (χ1v) is 7.43. The lowest BCUT2D eigenvalue weighted by Crippen LogP contribution is -2.45. The Morgan fingerprint density at radius 2 is 2.19 bits per heavy atom. The van der Waals surface area contributed by atoms with Crippen molar-refractivity contribution < 1.29 is 9.18 Å². The van der Waals surface area contributed by atoms with E-state index in [1.54, 1.807) is 6.07 Å². The molecule has 1 amide bonds. The Hall–Kier alpha value is -1.13. The summed E-state index contributed by atoms with van der Waals surface area (Å²) in [7, 11) is 0. The van der Waals surface area contributed by atoms with E-state index in [9.17, 15) is 9.18 Å². The fourth-order valence-corrected chi connectivity index (χ4v) is 3.33. The molecule has 2 atom stereocenters. The van der Waals surface area contributed by atoms with E-state index < -0.39 is 0 Å². The van der Waals surface area contributed by atoms with Gasteiger partial charge in [0.1, 0.15) is 5.82 Å². The van der Waals surface area contributed by atoms with Gasteiger partial charge in [0.15, 0.2) is 0 Å². The maximum atomic E-state index is 13.3. The van der Waals surface area contributed by atoms with Crippen molar-refractivity contribution in [2.24, 2.45) is 5.92 Å². The predicted molar refractivity (Wildman–Crippen MR) is 83.0 cm³/mol. The van der Waals surface area contributed by atoms with Crippen LogP contribution in [0.1, 0.15) is 30.9 Å². The summed E-state index contributed by atoms with van der Waals surface area (Å²) in [6.45, 7) is 4.36. The number of nitrogens with zero attached hydrogens (tertiary/aromatic N) is 1. The zero-order chi connectivity index (χ0) is 14.1. The fraction of sp³-hybridized carbons (Fsp3) is 0.562. The summed E-state index contributed by atoms with van der Waals surface area (Å²) >= 11 is 0. The highest BCUT2D eigenvalue weighted by molar-refractivity contribution is 5.85. The lowest BCUT2D eigenvalue weighted by Gasteiger charge is -2.34. The molecule has 5 heteroatoms. The summed E-state index contributed by atoms with van der Waals surface area (Å²) in [6.07, 6.45) is 2.66. The number of hydrogen-bond acceptors (Lipinski definition) is 2. The van der Waals surface area contributed by atoms with Crippen LogP contribution >= 0.6 is 12.4 Å². The number of halogens is 2. The Morgan fingerprint density at radius 3 is 2.95 bits per heavy atom. The van der Waals surface area contributed by atoms with E-state index in [4.69, 9.17) is 0 Å². The van der Waals surface area contributed by atoms with Crippen LogP contribution in [0.3, 0.4) is 0 Å². The average molecular weight is 313 g/mol. The second-order valence-corrected chi connectivity index (χ2v) is 6.00. The van der Waals surface area contributed by atoms with Crippen LogP contribution in [0.5, 0.6) is 0 Å². The van der Waals surface area contributed by atoms with Gasteiger partial charge in [0.2, 0.25) is 5.91 Å². The van der Waals surface area contributed by atoms with Crippen molar-refractivity contribution in [2.75, 3.05) is 13.1 Å². The third-order valence-electron chi connectivity index (χ3n) is 4.47. The number of piperidine rings is 1. The minimum absolute atomic E-state index is 0. The molecule has 0 unspecified atom stereocenters. The highest BCUT2D eigenvalue weighted by Gasteiger charge is 2.30. The monoisotopic (exact) mass is 312 g/mol. The zero-order valence-corrected chi connectivity index (χ0v) is 13.1. The van der Waals surface area contributed by atoms with Gasteiger partial charge in [0.05, 0.1) is 0 Å². The number of carbonyl (C=O) groups excluding carboxylic acids is 1. The predicted octanol–water partition coefficient (Wildman–Crippen LogP) is 2.52. The summed E-state index contributed by atoms with van der Waals surface area (Å²) in [6, 6.07) is 5.33. The van der Waals surface area contributed by atoms with Crippen LogP contribution < -0.4 is 5.32 Å². The van der Waals surface area contributed by atoms with E-state index in [-0.39, 0.29) is 30.0 Å². The molecular weight excluding hydrogens is 291 g/mol. The van der Waals surface area contributed by atoms with Crippen molar-refractivity contribution in [3.05, 3.63) is 35.1 Å². The van der Waals surface area contributed by atoms with Gasteiger partial charge >= 0.3 is 0 Å². The largest absolute Gasteiger partial charge is 0.338 e. The van der Waals surface area contributed by atoms with Crippen LogP contribution in [0.25, 0.3) is 0 Å². The standard InChI is InChI=1S/C16H21FN2O.ClH/c1-11-8-13(4-6-18-11)16(20)19-7-5-12-2-3-15(17)9-14(12)10-19;/h2-3,9,11,13,18H,4-8,10H2,1H3;1H/t11-,13-;/m0./s1. The lowest BCUT2D eigenvalue weighted by molar-refractivity contribution is -0.137. The van der Waals surface area contributed by atoms with Gasteiger partial charge < -0.3 is 10.2 Å². The van der Waals surface area contributed by atoms with Crippen LogP contribution in [-0.4, -0.2) is 29.9 Å². The molecule has 1 aromatic carbocycles. The Bertz CT molecular complexity index is 523. The molecule has 0 bridgehead atoms. The van der Waals surface area contributed by atoms with Crippen molar-refractivity contribution in [1.29, 1.82) is 0 Å². The number of fused-ring (bicyclic) bond motifs is 1. The van der Waals surface area contributed by atoms with E-state index in [1.165, 1.54) is 11.6 Å². The van der Waals surface area contributed by atoms with Crippen molar-refractivity contribution in [3.8, 4) is 0 Å². The fourth-order valence-electron chi connectivity index (χ4n) is 3.33. The minimum Gasteiger partial charge on any atom is -0.338 e. The lowest BCUT2D eigenvalue weighted by atomic mass is 9.90. The first kappa shape index (κ1) is 16.2. The molecule has 1 saturated heterocycles. The second kappa shape index (κ2) is 6.75. The van der Waals surface area contributed by atoms with Crippen molar-refractivity contribution in [1.82, 2.24) is 10.2 Å². The van der Waals surface area contributed by atoms with Gasteiger partial charge in [-0.25, -0.2) is 4.39 Å².